The summed E-state index contributed by atoms with van der Waals surface area (Å²) in [5.41, 5.74) is -0.316. The van der Waals surface area contributed by atoms with E-state index in [1.807, 2.05) is 48.5 Å². The molecule has 2 aliphatic carbocycles. The van der Waals surface area contributed by atoms with Gasteiger partial charge in [-0.1, -0.05) is 54.0 Å². The van der Waals surface area contributed by atoms with Gasteiger partial charge in [0.15, 0.2) is 23.0 Å². The molecule has 2 amide bonds. The van der Waals surface area contributed by atoms with Gasteiger partial charge in [0.05, 0.1) is 0 Å². The van der Waals surface area contributed by atoms with Crippen LogP contribution in [0.4, 0.5) is 0 Å². The monoisotopic (exact) mass is 776 g/mol. The minimum Gasteiger partial charge on any atom is -0.486 e. The van der Waals surface area contributed by atoms with Crippen LogP contribution in [0.15, 0.2) is 48.5 Å². The van der Waals surface area contributed by atoms with E-state index in [9.17, 15) is 9.59 Å². The van der Waals surface area contributed by atoms with Crippen LogP contribution in [0.25, 0.3) is 0 Å². The summed E-state index contributed by atoms with van der Waals surface area (Å²) in [6.07, 6.45) is 8.63. The first-order valence-electron chi connectivity index (χ1n) is 18.1. The van der Waals surface area contributed by atoms with Gasteiger partial charge in [-0.15, -0.1) is 12.4 Å². The van der Waals surface area contributed by atoms with E-state index in [1.54, 1.807) is 0 Å². The van der Waals surface area contributed by atoms with Crippen molar-refractivity contribution >= 4 is 40.2 Å². The number of ether oxygens (including phenoxy) is 4. The lowest BCUT2D eigenvalue weighted by atomic mass is 9.79. The predicted octanol–water partition coefficient (Wildman–Crippen LogP) is 5.50. The third-order valence-corrected chi connectivity index (χ3v) is 11.1. The first-order chi connectivity index (χ1) is 23.7. The maximum Gasteiger partial charge on any atom is 0.226 e. The van der Waals surface area contributed by atoms with Gasteiger partial charge in [-0.25, -0.2) is 0 Å². The molecule has 12 heteroatoms. The zero-order valence-corrected chi connectivity index (χ0v) is 31.8. The van der Waals surface area contributed by atoms with Gasteiger partial charge < -0.3 is 34.9 Å². The van der Waals surface area contributed by atoms with Crippen molar-refractivity contribution in [2.45, 2.75) is 89.5 Å². The van der Waals surface area contributed by atoms with Crippen molar-refractivity contribution in [3.8, 4) is 23.0 Å². The number of hydrogen-bond acceptors (Lipinski definition) is 8. The second kappa shape index (κ2) is 17.7. The molecule has 4 heterocycles. The topological polar surface area (TPSA) is 110 Å². The normalized spacial score (nSPS) is 24.4. The molecule has 2 atom stereocenters. The first kappa shape index (κ1) is 38.5. The number of para-hydroxylation sites is 4. The Balaban J connectivity index is 0.000000158. The van der Waals surface area contributed by atoms with Crippen LogP contribution in [0.1, 0.15) is 65.2 Å². The largest absolute Gasteiger partial charge is 0.486 e. The Kier molecular flexibility index (Phi) is 13.6. The van der Waals surface area contributed by atoms with Crippen LogP contribution < -0.4 is 34.9 Å². The van der Waals surface area contributed by atoms with Crippen molar-refractivity contribution in [1.82, 2.24) is 20.9 Å². The number of piperidine rings is 2. The number of hydrogen-bond donors (Lipinski definition) is 3. The minimum atomic E-state index is -0.213. The molecular weight excluding hydrogens is 724 g/mol. The summed E-state index contributed by atoms with van der Waals surface area (Å²) >= 11 is 3.36. The summed E-state index contributed by atoms with van der Waals surface area (Å²) in [7, 11) is 0. The first-order valence-corrected chi connectivity index (χ1v) is 19.2. The minimum absolute atomic E-state index is 0. The maximum atomic E-state index is 12.4. The highest BCUT2D eigenvalue weighted by Gasteiger charge is 2.40. The molecule has 276 valence electrons. The van der Waals surface area contributed by atoms with Crippen molar-refractivity contribution in [1.29, 1.82) is 0 Å². The number of amides is 2. The highest BCUT2D eigenvalue weighted by atomic mass is 79.9. The number of rotatable bonds is 7. The average Bonchev–Trinajstić information content (AvgIpc) is 4.08. The lowest BCUT2D eigenvalue weighted by molar-refractivity contribution is -0.133. The van der Waals surface area contributed by atoms with Gasteiger partial charge in [0.25, 0.3) is 0 Å². The predicted molar refractivity (Wildman–Crippen MR) is 200 cm³/mol. The van der Waals surface area contributed by atoms with Crippen molar-refractivity contribution < 1.29 is 28.5 Å². The molecule has 2 unspecified atom stereocenters. The zero-order valence-electron chi connectivity index (χ0n) is 29.4. The van der Waals surface area contributed by atoms with E-state index in [4.69, 9.17) is 18.9 Å². The van der Waals surface area contributed by atoms with E-state index in [1.165, 1.54) is 12.8 Å². The Morgan fingerprint density at radius 2 is 1.18 bits per heavy atom. The molecule has 2 saturated carbocycles. The summed E-state index contributed by atoms with van der Waals surface area (Å²) in [5.74, 6) is 3.87. The van der Waals surface area contributed by atoms with Gasteiger partial charge in [0.2, 0.25) is 11.8 Å². The Labute approximate surface area is 311 Å². The molecule has 2 saturated heterocycles. The Hall–Kier alpha value is -2.73. The molecule has 2 aromatic carbocycles. The summed E-state index contributed by atoms with van der Waals surface area (Å²) in [6.45, 7) is 10.1. The van der Waals surface area contributed by atoms with Crippen LogP contribution in [-0.4, -0.2) is 92.3 Å². The van der Waals surface area contributed by atoms with Crippen molar-refractivity contribution in [2.24, 2.45) is 10.8 Å². The molecule has 0 aromatic heterocycles. The molecule has 6 aliphatic rings. The highest BCUT2D eigenvalue weighted by Crippen LogP contribution is 2.35. The number of nitrogens with one attached hydrogen (secondary N) is 3. The molecule has 4 aliphatic heterocycles. The van der Waals surface area contributed by atoms with Crippen molar-refractivity contribution in [2.75, 3.05) is 51.3 Å². The fraction of sp³-hybridized carbons (Fsp3) is 0.632. The van der Waals surface area contributed by atoms with Crippen molar-refractivity contribution in [3.63, 3.8) is 0 Å². The lowest BCUT2D eigenvalue weighted by Gasteiger charge is -2.40. The summed E-state index contributed by atoms with van der Waals surface area (Å²) in [5, 5.41) is 10.4. The number of halogens is 2. The Morgan fingerprint density at radius 3 is 1.66 bits per heavy atom. The number of nitrogens with zero attached hydrogens (tertiary/aromatic N) is 1. The van der Waals surface area contributed by atoms with Crippen LogP contribution in [0, 0.1) is 10.8 Å². The van der Waals surface area contributed by atoms with Crippen LogP contribution >= 0.6 is 28.3 Å². The van der Waals surface area contributed by atoms with Gasteiger partial charge >= 0.3 is 0 Å². The van der Waals surface area contributed by atoms with E-state index < -0.39 is 0 Å². The molecule has 0 bridgehead atoms. The molecule has 10 nitrogen and oxygen atoms in total. The fourth-order valence-electron chi connectivity index (χ4n) is 6.42. The van der Waals surface area contributed by atoms with Crippen LogP contribution in [0.3, 0.4) is 0 Å². The number of likely N-dealkylation sites (tertiary alicyclic amines) is 1. The van der Waals surface area contributed by atoms with E-state index >= 15 is 0 Å². The summed E-state index contributed by atoms with van der Waals surface area (Å²) in [4.78, 5) is 26.7. The molecule has 50 heavy (non-hydrogen) atoms. The Bertz CT molecular complexity index is 1410. The van der Waals surface area contributed by atoms with E-state index in [-0.39, 0.29) is 47.3 Å². The molecule has 8 rings (SSSR count). The molecular formula is C38H54BrClN4O6. The van der Waals surface area contributed by atoms with Gasteiger partial charge in [-0.05, 0) is 102 Å². The van der Waals surface area contributed by atoms with E-state index in [2.05, 4.69) is 50.6 Å². The standard InChI is InChI=1S/C19H26N2O3.C10H18N2O.C9H9BrO2.ClH/c1-19(18(22)20-14-6-7-14)8-10-21(11-9-19)12-15-13-23-16-4-2-3-5-17(16)24-15;1-10(4-6-11-7-5-10)9(13)12-8-2-3-8;10-5-7-6-11-8-3-1-2-4-9(8)12-7;/h2-5,14-15H,6-13H2,1H3,(H,20,22);8,11H,2-7H2,1H3,(H,12,13);1-4,7H,5-6H2;1H. The lowest BCUT2D eigenvalue weighted by Crippen LogP contribution is -2.50. The number of alkyl halides is 1. The maximum absolute atomic E-state index is 12.4. The number of benzene rings is 2. The van der Waals surface area contributed by atoms with Crippen molar-refractivity contribution in [3.05, 3.63) is 48.5 Å². The van der Waals surface area contributed by atoms with Gasteiger partial charge in [-0.3, -0.25) is 14.5 Å². The van der Waals surface area contributed by atoms with Crippen LogP contribution in [0.5, 0.6) is 23.0 Å². The smallest absolute Gasteiger partial charge is 0.226 e. The highest BCUT2D eigenvalue weighted by molar-refractivity contribution is 9.09. The van der Waals surface area contributed by atoms with Gasteiger partial charge in [0.1, 0.15) is 25.4 Å². The molecule has 0 spiro atoms. The summed E-state index contributed by atoms with van der Waals surface area (Å²) < 4.78 is 22.9. The number of carbonyl (C=O) groups excluding carboxylic acids is 2. The number of fused-ring (bicyclic) bond motifs is 2. The molecule has 4 fully saturated rings. The SMILES string of the molecule is BrCC1COc2ccccc2O1.CC1(C(=O)NC2CC2)CCN(CC2COc3ccccc3O2)CC1.CC1(C(=O)NC2CC2)CCNCC1.Cl. The van der Waals surface area contributed by atoms with Gasteiger partial charge in [0, 0.05) is 34.8 Å². The second-order valence-corrected chi connectivity index (χ2v) is 15.5. The third kappa shape index (κ3) is 10.7. The fourth-order valence-corrected chi connectivity index (χ4v) is 6.74. The van der Waals surface area contributed by atoms with Crippen LogP contribution in [0.2, 0.25) is 0 Å². The van der Waals surface area contributed by atoms with E-state index in [0.717, 1.165) is 99.6 Å². The molecule has 3 N–H and O–H groups in total. The Morgan fingerprint density at radius 1 is 0.740 bits per heavy atom. The van der Waals surface area contributed by atoms with Gasteiger partial charge in [-0.2, -0.15) is 0 Å². The van der Waals surface area contributed by atoms with Crippen LogP contribution in [-0.2, 0) is 9.59 Å². The zero-order chi connectivity index (χ0) is 34.3. The third-order valence-electron chi connectivity index (χ3n) is 10.4. The molecule has 0 radical (unpaired) electrons. The average molecular weight is 778 g/mol. The van der Waals surface area contributed by atoms with E-state index in [0.29, 0.717) is 25.3 Å². The number of carbonyl (C=O) groups is 2. The molecule has 2 aromatic rings. The summed E-state index contributed by atoms with van der Waals surface area (Å²) in [6, 6.07) is 16.5. The quantitative estimate of drug-likeness (QED) is 0.317. The second-order valence-electron chi connectivity index (χ2n) is 14.8.